The number of aryl methyl sites for hydroxylation is 2. The maximum atomic E-state index is 12.1. The molecule has 0 saturated carbocycles. The second kappa shape index (κ2) is 7.08. The minimum atomic E-state index is 0.140. The highest BCUT2D eigenvalue weighted by Crippen LogP contribution is 2.19. The average Bonchev–Trinajstić information content (AvgIpc) is 3.14. The molecule has 3 rings (SSSR count). The zero-order chi connectivity index (χ0) is 16.2. The first-order chi connectivity index (χ1) is 11.1. The number of aromatic nitrogens is 3. The van der Waals surface area contributed by atoms with E-state index in [1.54, 1.807) is 11.3 Å². The van der Waals surface area contributed by atoms with Crippen molar-refractivity contribution in [2.24, 2.45) is 5.92 Å². The Morgan fingerprint density at radius 3 is 3.00 bits per heavy atom. The lowest BCUT2D eigenvalue weighted by Gasteiger charge is -2.16. The number of nitrogens with one attached hydrogen (secondary N) is 1. The summed E-state index contributed by atoms with van der Waals surface area (Å²) in [4.78, 5) is 16.7. The molecule has 6 heteroatoms. The van der Waals surface area contributed by atoms with Gasteiger partial charge in [-0.25, -0.2) is 9.67 Å². The molecule has 1 aliphatic rings. The van der Waals surface area contributed by atoms with Gasteiger partial charge in [-0.2, -0.15) is 5.10 Å². The number of nitrogens with zero attached hydrogens (tertiary/aromatic N) is 3. The van der Waals surface area contributed by atoms with Gasteiger partial charge in [0.15, 0.2) is 0 Å². The minimum absolute atomic E-state index is 0.140. The lowest BCUT2D eigenvalue weighted by molar-refractivity contribution is -0.125. The first kappa shape index (κ1) is 15.9. The van der Waals surface area contributed by atoms with Crippen molar-refractivity contribution in [3.8, 4) is 5.13 Å². The molecule has 0 fully saturated rings. The van der Waals surface area contributed by atoms with Crippen LogP contribution in [0.2, 0.25) is 0 Å². The van der Waals surface area contributed by atoms with E-state index in [2.05, 4.69) is 27.6 Å². The van der Waals surface area contributed by atoms with Crippen LogP contribution in [0.15, 0.2) is 23.6 Å². The third-order valence-corrected chi connectivity index (χ3v) is 4.92. The molecular weight excluding hydrogens is 308 g/mol. The van der Waals surface area contributed by atoms with Gasteiger partial charge < -0.3 is 5.32 Å². The summed E-state index contributed by atoms with van der Waals surface area (Å²) < 4.78 is 1.87. The molecule has 1 amide bonds. The van der Waals surface area contributed by atoms with Gasteiger partial charge in [-0.15, -0.1) is 11.3 Å². The van der Waals surface area contributed by atoms with Gasteiger partial charge in [-0.3, -0.25) is 4.79 Å². The van der Waals surface area contributed by atoms with Crippen LogP contribution in [0.5, 0.6) is 0 Å². The van der Waals surface area contributed by atoms with E-state index in [1.165, 1.54) is 0 Å². The first-order valence-electron chi connectivity index (χ1n) is 8.04. The third kappa shape index (κ3) is 3.88. The van der Waals surface area contributed by atoms with Crippen molar-refractivity contribution in [3.05, 3.63) is 40.7 Å². The summed E-state index contributed by atoms with van der Waals surface area (Å²) in [5.74, 6) is 0.309. The monoisotopic (exact) mass is 330 g/mol. The highest BCUT2D eigenvalue weighted by molar-refractivity contribution is 7.12. The zero-order valence-corrected chi connectivity index (χ0v) is 14.4. The van der Waals surface area contributed by atoms with E-state index >= 15 is 0 Å². The fourth-order valence-electron chi connectivity index (χ4n) is 2.82. The van der Waals surface area contributed by atoms with Crippen LogP contribution in [-0.4, -0.2) is 27.2 Å². The van der Waals surface area contributed by atoms with E-state index in [1.807, 2.05) is 30.0 Å². The van der Waals surface area contributed by atoms with E-state index in [0.29, 0.717) is 6.54 Å². The molecule has 0 saturated heterocycles. The van der Waals surface area contributed by atoms with Crippen LogP contribution in [0, 0.1) is 19.8 Å². The van der Waals surface area contributed by atoms with E-state index < -0.39 is 0 Å². The van der Waals surface area contributed by atoms with Gasteiger partial charge in [-0.1, -0.05) is 12.2 Å². The summed E-state index contributed by atoms with van der Waals surface area (Å²) in [5, 5.41) is 10.4. The van der Waals surface area contributed by atoms with Crippen molar-refractivity contribution < 1.29 is 4.79 Å². The lowest BCUT2D eigenvalue weighted by Crippen LogP contribution is -2.32. The van der Waals surface area contributed by atoms with Gasteiger partial charge >= 0.3 is 0 Å². The molecule has 0 radical (unpaired) electrons. The topological polar surface area (TPSA) is 59.8 Å². The smallest absolute Gasteiger partial charge is 0.223 e. The highest BCUT2D eigenvalue weighted by atomic mass is 32.1. The molecule has 2 aromatic rings. The Bertz CT molecular complexity index is 716. The number of carbonyl (C=O) groups excluding carboxylic acids is 1. The zero-order valence-electron chi connectivity index (χ0n) is 13.6. The van der Waals surface area contributed by atoms with Crippen molar-refractivity contribution in [2.45, 2.75) is 39.5 Å². The predicted molar refractivity (Wildman–Crippen MR) is 91.9 cm³/mol. The Morgan fingerprint density at radius 1 is 1.43 bits per heavy atom. The Kier molecular flexibility index (Phi) is 4.91. The fraction of sp³-hybridized carbons (Fsp3) is 0.471. The van der Waals surface area contributed by atoms with Crippen LogP contribution in [0.1, 0.15) is 36.3 Å². The van der Waals surface area contributed by atoms with Gasteiger partial charge in [-0.05, 0) is 39.2 Å². The largest absolute Gasteiger partial charge is 0.355 e. The summed E-state index contributed by atoms with van der Waals surface area (Å²) in [7, 11) is 0. The summed E-state index contributed by atoms with van der Waals surface area (Å²) in [6.45, 7) is 4.65. The van der Waals surface area contributed by atoms with Gasteiger partial charge in [0.2, 0.25) is 11.0 Å². The Morgan fingerprint density at radius 2 is 2.30 bits per heavy atom. The molecule has 1 N–H and O–H groups in total. The van der Waals surface area contributed by atoms with Crippen LogP contribution in [0.3, 0.4) is 0 Å². The number of hydrogen-bond acceptors (Lipinski definition) is 4. The normalized spacial score (nSPS) is 17.4. The fourth-order valence-corrected chi connectivity index (χ4v) is 3.69. The Hall–Kier alpha value is -1.95. The summed E-state index contributed by atoms with van der Waals surface area (Å²) in [6, 6.07) is 2.04. The van der Waals surface area contributed by atoms with Crippen LogP contribution < -0.4 is 5.32 Å². The molecule has 0 aliphatic heterocycles. The van der Waals surface area contributed by atoms with Gasteiger partial charge in [0.25, 0.3) is 0 Å². The number of allylic oxidation sites excluding steroid dienone is 2. The van der Waals surface area contributed by atoms with Crippen molar-refractivity contribution in [2.75, 3.05) is 6.54 Å². The van der Waals surface area contributed by atoms with Crippen LogP contribution in [-0.2, 0) is 11.2 Å². The number of amides is 1. The molecule has 2 heterocycles. The molecule has 2 aromatic heterocycles. The molecule has 0 spiro atoms. The highest BCUT2D eigenvalue weighted by Gasteiger charge is 2.18. The van der Waals surface area contributed by atoms with E-state index in [0.717, 1.165) is 47.9 Å². The molecule has 1 aliphatic carbocycles. The summed E-state index contributed by atoms with van der Waals surface area (Å²) >= 11 is 1.58. The summed E-state index contributed by atoms with van der Waals surface area (Å²) in [6.07, 6.45) is 7.85. The van der Waals surface area contributed by atoms with E-state index in [4.69, 9.17) is 0 Å². The van der Waals surface area contributed by atoms with Crippen LogP contribution >= 0.6 is 11.3 Å². The number of carbonyl (C=O) groups is 1. The van der Waals surface area contributed by atoms with Crippen molar-refractivity contribution in [1.82, 2.24) is 20.1 Å². The Balaban J connectivity index is 1.52. The number of rotatable bonds is 5. The van der Waals surface area contributed by atoms with E-state index in [9.17, 15) is 4.79 Å². The minimum Gasteiger partial charge on any atom is -0.355 e. The van der Waals surface area contributed by atoms with Gasteiger partial charge in [0, 0.05) is 30.0 Å². The van der Waals surface area contributed by atoms with Crippen LogP contribution in [0.4, 0.5) is 0 Å². The van der Waals surface area contributed by atoms with Crippen molar-refractivity contribution >= 4 is 17.2 Å². The van der Waals surface area contributed by atoms with Crippen molar-refractivity contribution in [3.63, 3.8) is 0 Å². The number of thiazole rings is 1. The molecule has 0 bridgehead atoms. The standard InChI is InChI=1S/C17H22N4OS/c1-12-10-13(2)21(20-12)17-19-15(11-23-17)8-9-18-16(22)14-6-4-3-5-7-14/h3-4,10-11,14H,5-9H2,1-2H3,(H,18,22)/t14-/m1/s1. The van der Waals surface area contributed by atoms with Gasteiger partial charge in [0.1, 0.15) is 0 Å². The van der Waals surface area contributed by atoms with Crippen LogP contribution in [0.25, 0.3) is 5.13 Å². The first-order valence-corrected chi connectivity index (χ1v) is 8.92. The molecule has 1 atom stereocenters. The molecule has 122 valence electrons. The van der Waals surface area contributed by atoms with E-state index in [-0.39, 0.29) is 11.8 Å². The quantitative estimate of drug-likeness (QED) is 0.858. The average molecular weight is 330 g/mol. The maximum Gasteiger partial charge on any atom is 0.223 e. The predicted octanol–water partition coefficient (Wildman–Crippen LogP) is 2.96. The van der Waals surface area contributed by atoms with Gasteiger partial charge in [0.05, 0.1) is 11.4 Å². The number of hydrogen-bond donors (Lipinski definition) is 1. The second-order valence-electron chi connectivity index (χ2n) is 5.98. The maximum absolute atomic E-state index is 12.1. The molecule has 0 aromatic carbocycles. The third-order valence-electron chi connectivity index (χ3n) is 4.05. The van der Waals surface area contributed by atoms with Crippen molar-refractivity contribution in [1.29, 1.82) is 0 Å². The molecular formula is C17H22N4OS. The Labute approximate surface area is 140 Å². The molecule has 5 nitrogen and oxygen atoms in total. The molecule has 23 heavy (non-hydrogen) atoms. The lowest BCUT2D eigenvalue weighted by atomic mass is 9.94. The molecule has 0 unspecified atom stereocenters. The second-order valence-corrected chi connectivity index (χ2v) is 6.82. The summed E-state index contributed by atoms with van der Waals surface area (Å²) in [5.41, 5.74) is 3.08. The SMILES string of the molecule is Cc1cc(C)n(-c2nc(CCNC(=O)[C@@H]3CC=CCC3)cs2)n1.